The first-order chi connectivity index (χ1) is 25.0. The monoisotopic (exact) mass is 818 g/mol. The van der Waals surface area contributed by atoms with Gasteiger partial charge in [0.25, 0.3) is 0 Å². The van der Waals surface area contributed by atoms with Crippen LogP contribution in [0.1, 0.15) is 81.3 Å². The Kier molecular flexibility index (Phi) is 11.6. The van der Waals surface area contributed by atoms with Crippen molar-refractivity contribution in [2.24, 2.45) is 5.41 Å². The topological polar surface area (TPSA) is 0 Å². The third-order valence-electron chi connectivity index (χ3n) is 11.2. The van der Waals surface area contributed by atoms with Crippen molar-refractivity contribution in [2.45, 2.75) is 59.8 Å². The molecule has 0 unspecified atom stereocenters. The molecule has 6 aromatic rings. The van der Waals surface area contributed by atoms with E-state index in [-0.39, 0.29) is 35.6 Å². The van der Waals surface area contributed by atoms with Crippen molar-refractivity contribution < 1.29 is 49.0 Å². The van der Waals surface area contributed by atoms with Crippen molar-refractivity contribution in [3.8, 4) is 0 Å². The fourth-order valence-corrected chi connectivity index (χ4v) is 9.61. The number of hydrogen-bond donors (Lipinski definition) is 0. The molecule has 0 spiro atoms. The molecule has 0 bridgehead atoms. The quantitative estimate of drug-likeness (QED) is 0.207. The van der Waals surface area contributed by atoms with Gasteiger partial charge in [0.2, 0.25) is 0 Å². The molecule has 4 aliphatic carbocycles. The fourth-order valence-electron chi connectivity index (χ4n) is 8.84. The van der Waals surface area contributed by atoms with Crippen LogP contribution in [0.25, 0.3) is 44.3 Å². The summed E-state index contributed by atoms with van der Waals surface area (Å²) in [7, 11) is 0. The second-order valence-corrected chi connectivity index (χ2v) is 17.3. The summed E-state index contributed by atoms with van der Waals surface area (Å²) in [5.74, 6) is 0. The molecule has 10 rings (SSSR count). The van der Waals surface area contributed by atoms with E-state index in [1.807, 2.05) is 30.3 Å². The van der Waals surface area contributed by atoms with Gasteiger partial charge in [0.1, 0.15) is 0 Å². The van der Waals surface area contributed by atoms with E-state index in [0.717, 1.165) is 12.8 Å². The van der Waals surface area contributed by atoms with Gasteiger partial charge in [-0.1, -0.05) is 75.1 Å². The maximum absolute atomic E-state index is 2.48. The Morgan fingerprint density at radius 3 is 1.81 bits per heavy atom. The maximum atomic E-state index is 2.48. The zero-order valence-electron chi connectivity index (χ0n) is 32.0. The Morgan fingerprint density at radius 1 is 0.685 bits per heavy atom. The second kappa shape index (κ2) is 15.7. The number of hydrogen-bond acceptors (Lipinski definition) is 0. The number of rotatable bonds is 2. The summed E-state index contributed by atoms with van der Waals surface area (Å²) in [6, 6.07) is 40.6. The SMILES string of the molecule is CC1=CC=c2c1c1c(c3c2=C(C)[CH-]C3(C)C)CC2=C1CC(C)(C)C=C2.[Cl-].[Cl-].[Zr+2]=[C](c1ccc2ccccc2c1)c1ccc2ccccc2c1.c1cc[cH-]c1. The minimum atomic E-state index is 0. The van der Waals surface area contributed by atoms with Gasteiger partial charge in [-0.05, 0) is 53.0 Å². The Labute approximate surface area is 348 Å². The molecule has 0 atom stereocenters. The van der Waals surface area contributed by atoms with Crippen LogP contribution in [0, 0.1) is 11.8 Å². The van der Waals surface area contributed by atoms with Gasteiger partial charge in [-0.2, -0.15) is 23.4 Å². The van der Waals surface area contributed by atoms with Gasteiger partial charge in [0, 0.05) is 0 Å². The molecule has 54 heavy (non-hydrogen) atoms. The van der Waals surface area contributed by atoms with Crippen LogP contribution in [-0.4, -0.2) is 3.21 Å². The zero-order valence-corrected chi connectivity index (χ0v) is 36.0. The Balaban J connectivity index is 0.000000159. The van der Waals surface area contributed by atoms with E-state index in [0.29, 0.717) is 0 Å². The second-order valence-electron chi connectivity index (χ2n) is 16.1. The Hall–Kier alpha value is -3.87. The molecule has 0 radical (unpaired) electrons. The van der Waals surface area contributed by atoms with Crippen molar-refractivity contribution in [3.05, 3.63) is 189 Å². The minimum absolute atomic E-state index is 0. The molecule has 6 aromatic carbocycles. The summed E-state index contributed by atoms with van der Waals surface area (Å²) in [6.07, 6.45) is 14.3. The molecule has 0 saturated heterocycles. The molecule has 0 aromatic heterocycles. The molecular formula is C51H46Cl2Zr-2. The van der Waals surface area contributed by atoms with Crippen LogP contribution in [0.5, 0.6) is 0 Å². The predicted octanol–water partition coefficient (Wildman–Crippen LogP) is 5.37. The first-order valence-electron chi connectivity index (χ1n) is 18.6. The van der Waals surface area contributed by atoms with E-state index in [9.17, 15) is 0 Å². The largest absolute Gasteiger partial charge is 0.214 e. The van der Waals surface area contributed by atoms with Crippen LogP contribution in [0.2, 0.25) is 0 Å². The van der Waals surface area contributed by atoms with E-state index < -0.39 is 0 Å². The van der Waals surface area contributed by atoms with Crippen LogP contribution in [-0.2, 0) is 36.1 Å². The van der Waals surface area contributed by atoms with Crippen LogP contribution in [0.4, 0.5) is 0 Å². The molecule has 0 nitrogen and oxygen atoms in total. The fraction of sp³-hybridized carbons (Fsp3) is 0.196. The number of fused-ring (bicyclic) bond motifs is 9. The average Bonchev–Trinajstić information content (AvgIpc) is 3.95. The molecule has 270 valence electrons. The van der Waals surface area contributed by atoms with E-state index in [4.69, 9.17) is 0 Å². The first-order valence-corrected chi connectivity index (χ1v) is 19.8. The van der Waals surface area contributed by atoms with E-state index in [2.05, 4.69) is 157 Å². The molecule has 0 fully saturated rings. The third-order valence-corrected chi connectivity index (χ3v) is 12.6. The molecule has 0 aliphatic heterocycles. The van der Waals surface area contributed by atoms with Crippen LogP contribution in [0.3, 0.4) is 0 Å². The molecular weight excluding hydrogens is 775 g/mol. The minimum Gasteiger partial charge on any atom is -0.214 e. The van der Waals surface area contributed by atoms with Crippen molar-refractivity contribution >= 4 is 47.5 Å². The molecule has 4 aliphatic rings. The normalized spacial score (nSPS) is 16.1. The summed E-state index contributed by atoms with van der Waals surface area (Å²) >= 11 is 1.44. The van der Waals surface area contributed by atoms with Crippen molar-refractivity contribution in [1.29, 1.82) is 0 Å². The summed E-state index contributed by atoms with van der Waals surface area (Å²) < 4.78 is 1.41. The number of benzene rings is 5. The standard InChI is InChI=1S/C25H27.C21H14.C5H5.2ClH.Zr/c1-14-7-8-17-20(14)22-18(23-21(17)15(2)12-25(23,5)6)11-16-9-10-24(3,4)13-19(16)22;1-3-7-20-14-16(9-11-18(20)5-1)13-17-10-12-19-6-2-4-8-21(19)15-17;1-2-4-5-3-1;;;/h7-10,12H,11,13H2,1-6H3;1-12,14-15H;1-5H;2*1H;/q-1;;-1;;;+2/p-2. The van der Waals surface area contributed by atoms with Crippen molar-refractivity contribution in [1.82, 2.24) is 0 Å². The summed E-state index contributed by atoms with van der Waals surface area (Å²) in [6.45, 7) is 14.1. The van der Waals surface area contributed by atoms with Crippen molar-refractivity contribution in [3.63, 3.8) is 0 Å². The average molecular weight is 821 g/mol. The molecule has 3 heteroatoms. The van der Waals surface area contributed by atoms with Gasteiger partial charge in [-0.3, -0.25) is 0 Å². The van der Waals surface area contributed by atoms with E-state index in [1.165, 1.54) is 87.3 Å². The van der Waals surface area contributed by atoms with Gasteiger partial charge in [-0.15, -0.1) is 5.56 Å². The Bertz CT molecular complexity index is 2530. The summed E-state index contributed by atoms with van der Waals surface area (Å²) in [4.78, 5) is 0. The summed E-state index contributed by atoms with van der Waals surface area (Å²) in [5, 5.41) is 8.21. The van der Waals surface area contributed by atoms with Gasteiger partial charge in [-0.25, -0.2) is 24.1 Å². The Morgan fingerprint density at radius 2 is 1.26 bits per heavy atom. The van der Waals surface area contributed by atoms with Gasteiger partial charge in [0.15, 0.2) is 0 Å². The van der Waals surface area contributed by atoms with Crippen LogP contribution in [0.15, 0.2) is 139 Å². The molecule has 0 heterocycles. The number of allylic oxidation sites excluding steroid dienone is 6. The van der Waals surface area contributed by atoms with Gasteiger partial charge in [0.05, 0.1) is 0 Å². The van der Waals surface area contributed by atoms with Crippen molar-refractivity contribution in [2.75, 3.05) is 0 Å². The molecule has 0 saturated carbocycles. The van der Waals surface area contributed by atoms with Crippen LogP contribution < -0.4 is 35.3 Å². The first kappa shape index (κ1) is 39.8. The maximum Gasteiger partial charge on any atom is -0.172 e. The smallest absolute Gasteiger partial charge is 0.172 e. The zero-order chi connectivity index (χ0) is 36.2. The summed E-state index contributed by atoms with van der Waals surface area (Å²) in [5.41, 5.74) is 15.4. The van der Waals surface area contributed by atoms with Gasteiger partial charge < -0.3 is 24.8 Å². The van der Waals surface area contributed by atoms with E-state index >= 15 is 0 Å². The predicted molar refractivity (Wildman–Crippen MR) is 222 cm³/mol. The molecule has 0 amide bonds. The van der Waals surface area contributed by atoms with Gasteiger partial charge >= 0.3 is 145 Å². The van der Waals surface area contributed by atoms with Crippen LogP contribution >= 0.6 is 0 Å². The third kappa shape index (κ3) is 7.41. The number of halogens is 2. The molecule has 0 N–H and O–H groups in total. The van der Waals surface area contributed by atoms with E-state index in [1.54, 1.807) is 27.8 Å².